The van der Waals surface area contributed by atoms with Crippen molar-refractivity contribution >= 4 is 17.3 Å². The topological polar surface area (TPSA) is 92.5 Å². The summed E-state index contributed by atoms with van der Waals surface area (Å²) in [4.78, 5) is 20.9. The third-order valence-corrected chi connectivity index (χ3v) is 2.18. The number of benzene rings is 1. The Kier molecular flexibility index (Phi) is 3.82. The largest absolute Gasteiger partial charge is 0.478 e. The number of hydrogen-bond acceptors (Lipinski definition) is 4. The summed E-state index contributed by atoms with van der Waals surface area (Å²) in [5, 5.41) is 22.4. The Labute approximate surface area is 97.7 Å². The van der Waals surface area contributed by atoms with E-state index in [1.165, 1.54) is 12.1 Å². The van der Waals surface area contributed by atoms with Crippen LogP contribution in [0.15, 0.2) is 30.9 Å². The molecule has 0 aromatic heterocycles. The minimum Gasteiger partial charge on any atom is -0.478 e. The number of carboxylic acids is 1. The van der Waals surface area contributed by atoms with Crippen LogP contribution < -0.4 is 5.32 Å². The number of rotatable bonds is 5. The first kappa shape index (κ1) is 12.7. The number of aromatic carboxylic acids is 1. The van der Waals surface area contributed by atoms with E-state index in [0.717, 1.165) is 6.07 Å². The van der Waals surface area contributed by atoms with Crippen molar-refractivity contribution in [3.05, 3.63) is 46.5 Å². The molecule has 2 N–H and O–H groups in total. The van der Waals surface area contributed by atoms with Gasteiger partial charge in [-0.2, -0.15) is 0 Å². The van der Waals surface area contributed by atoms with E-state index < -0.39 is 10.9 Å². The van der Waals surface area contributed by atoms with E-state index in [4.69, 9.17) is 5.11 Å². The summed E-state index contributed by atoms with van der Waals surface area (Å²) in [6.45, 7) is 5.33. The van der Waals surface area contributed by atoms with Gasteiger partial charge in [-0.1, -0.05) is 6.08 Å². The minimum absolute atomic E-state index is 0.117. The fourth-order valence-corrected chi connectivity index (χ4v) is 1.24. The van der Waals surface area contributed by atoms with Crippen molar-refractivity contribution in [1.29, 1.82) is 0 Å². The van der Waals surface area contributed by atoms with Crippen LogP contribution in [0.3, 0.4) is 0 Å². The second kappa shape index (κ2) is 5.11. The van der Waals surface area contributed by atoms with E-state index in [2.05, 4.69) is 11.9 Å². The van der Waals surface area contributed by atoms with Gasteiger partial charge in [-0.15, -0.1) is 6.58 Å². The second-order valence-electron chi connectivity index (χ2n) is 3.46. The molecule has 0 aliphatic rings. The Morgan fingerprint density at radius 3 is 2.76 bits per heavy atom. The average molecular weight is 236 g/mol. The normalized spacial score (nSPS) is 11.6. The third-order valence-electron chi connectivity index (χ3n) is 2.18. The van der Waals surface area contributed by atoms with Crippen LogP contribution in [0.2, 0.25) is 0 Å². The number of anilines is 1. The molecule has 90 valence electrons. The zero-order chi connectivity index (χ0) is 13.0. The van der Waals surface area contributed by atoms with Gasteiger partial charge in [-0.05, 0) is 19.1 Å². The van der Waals surface area contributed by atoms with Gasteiger partial charge >= 0.3 is 5.97 Å². The van der Waals surface area contributed by atoms with E-state index in [-0.39, 0.29) is 23.0 Å². The standard InChI is InChI=1S/C11H12N2O4/c1-3-7(2)12-9-5-4-8(11(14)15)6-10(9)13(16)17/h3-7,12H,1H2,2H3,(H,14,15). The molecule has 0 heterocycles. The molecular formula is C11H12N2O4. The molecule has 0 saturated heterocycles. The lowest BCUT2D eigenvalue weighted by molar-refractivity contribution is -0.384. The number of nitro benzene ring substituents is 1. The van der Waals surface area contributed by atoms with Crippen LogP contribution in [0.5, 0.6) is 0 Å². The summed E-state index contributed by atoms with van der Waals surface area (Å²) < 4.78 is 0. The molecule has 0 saturated carbocycles. The predicted octanol–water partition coefficient (Wildman–Crippen LogP) is 2.28. The summed E-state index contributed by atoms with van der Waals surface area (Å²) in [5.41, 5.74) is -0.112. The molecular weight excluding hydrogens is 224 g/mol. The molecule has 0 radical (unpaired) electrons. The maximum atomic E-state index is 10.8. The lowest BCUT2D eigenvalue weighted by Gasteiger charge is -2.11. The molecule has 1 aromatic carbocycles. The Bertz CT molecular complexity index is 471. The first-order chi connectivity index (χ1) is 7.95. The van der Waals surface area contributed by atoms with Crippen LogP contribution in [0.4, 0.5) is 11.4 Å². The number of nitro groups is 1. The summed E-state index contributed by atoms with van der Waals surface area (Å²) in [5.74, 6) is -1.20. The molecule has 0 aliphatic carbocycles. The molecule has 1 aromatic rings. The van der Waals surface area contributed by atoms with Gasteiger partial charge in [0, 0.05) is 12.1 Å². The monoisotopic (exact) mass is 236 g/mol. The van der Waals surface area contributed by atoms with Gasteiger partial charge in [0.15, 0.2) is 0 Å². The second-order valence-corrected chi connectivity index (χ2v) is 3.46. The Morgan fingerprint density at radius 2 is 2.29 bits per heavy atom. The Morgan fingerprint density at radius 1 is 1.65 bits per heavy atom. The number of nitrogens with zero attached hydrogens (tertiary/aromatic N) is 1. The van der Waals surface area contributed by atoms with Crippen molar-refractivity contribution in [2.45, 2.75) is 13.0 Å². The highest BCUT2D eigenvalue weighted by Crippen LogP contribution is 2.26. The van der Waals surface area contributed by atoms with Crippen LogP contribution in [0.1, 0.15) is 17.3 Å². The molecule has 0 bridgehead atoms. The zero-order valence-corrected chi connectivity index (χ0v) is 9.21. The third kappa shape index (κ3) is 3.04. The number of carboxylic acid groups (broad SMARTS) is 1. The Balaban J connectivity index is 3.17. The average Bonchev–Trinajstić information content (AvgIpc) is 2.28. The zero-order valence-electron chi connectivity index (χ0n) is 9.21. The van der Waals surface area contributed by atoms with Gasteiger partial charge in [-0.3, -0.25) is 10.1 Å². The maximum absolute atomic E-state index is 10.8. The molecule has 0 amide bonds. The van der Waals surface area contributed by atoms with Crippen molar-refractivity contribution in [2.75, 3.05) is 5.32 Å². The quantitative estimate of drug-likeness (QED) is 0.464. The fraction of sp³-hybridized carbons (Fsp3) is 0.182. The number of nitrogens with one attached hydrogen (secondary N) is 1. The highest BCUT2D eigenvalue weighted by molar-refractivity contribution is 5.89. The first-order valence-corrected chi connectivity index (χ1v) is 4.86. The first-order valence-electron chi connectivity index (χ1n) is 4.86. The van der Waals surface area contributed by atoms with E-state index in [0.29, 0.717) is 0 Å². The maximum Gasteiger partial charge on any atom is 0.335 e. The molecule has 6 heteroatoms. The smallest absolute Gasteiger partial charge is 0.335 e. The van der Waals surface area contributed by atoms with Crippen LogP contribution in [0.25, 0.3) is 0 Å². The number of carbonyl (C=O) groups is 1. The van der Waals surface area contributed by atoms with Crippen molar-refractivity contribution < 1.29 is 14.8 Å². The summed E-state index contributed by atoms with van der Waals surface area (Å²) in [6, 6.07) is 3.57. The molecule has 0 fully saturated rings. The number of hydrogen-bond donors (Lipinski definition) is 2. The molecule has 6 nitrogen and oxygen atoms in total. The van der Waals surface area contributed by atoms with Crippen molar-refractivity contribution in [1.82, 2.24) is 0 Å². The van der Waals surface area contributed by atoms with Crippen molar-refractivity contribution in [2.24, 2.45) is 0 Å². The molecule has 0 spiro atoms. The summed E-state index contributed by atoms with van der Waals surface area (Å²) in [6.07, 6.45) is 1.59. The van der Waals surface area contributed by atoms with Crippen LogP contribution in [0, 0.1) is 10.1 Å². The predicted molar refractivity (Wildman–Crippen MR) is 63.3 cm³/mol. The summed E-state index contributed by atoms with van der Waals surface area (Å²) >= 11 is 0. The van der Waals surface area contributed by atoms with E-state index in [1.54, 1.807) is 13.0 Å². The SMILES string of the molecule is C=CC(C)Nc1ccc(C(=O)O)cc1[N+](=O)[O-]. The van der Waals surface area contributed by atoms with Gasteiger partial charge in [0.2, 0.25) is 0 Å². The van der Waals surface area contributed by atoms with Gasteiger partial charge < -0.3 is 10.4 Å². The molecule has 1 atom stereocenters. The molecule has 1 unspecified atom stereocenters. The van der Waals surface area contributed by atoms with E-state index in [1.807, 2.05) is 0 Å². The van der Waals surface area contributed by atoms with Crippen LogP contribution in [-0.4, -0.2) is 22.0 Å². The molecule has 17 heavy (non-hydrogen) atoms. The van der Waals surface area contributed by atoms with Crippen LogP contribution in [-0.2, 0) is 0 Å². The van der Waals surface area contributed by atoms with Crippen molar-refractivity contribution in [3.8, 4) is 0 Å². The molecule has 0 aliphatic heterocycles. The lowest BCUT2D eigenvalue weighted by Crippen LogP contribution is -2.13. The van der Waals surface area contributed by atoms with Gasteiger partial charge in [-0.25, -0.2) is 4.79 Å². The van der Waals surface area contributed by atoms with Gasteiger partial charge in [0.05, 0.1) is 10.5 Å². The van der Waals surface area contributed by atoms with Crippen LogP contribution >= 0.6 is 0 Å². The van der Waals surface area contributed by atoms with Crippen molar-refractivity contribution in [3.63, 3.8) is 0 Å². The summed E-state index contributed by atoms with van der Waals surface area (Å²) in [7, 11) is 0. The van der Waals surface area contributed by atoms with Gasteiger partial charge in [0.25, 0.3) is 5.69 Å². The highest BCUT2D eigenvalue weighted by atomic mass is 16.6. The van der Waals surface area contributed by atoms with Gasteiger partial charge in [0.1, 0.15) is 5.69 Å². The lowest BCUT2D eigenvalue weighted by atomic mass is 10.1. The van der Waals surface area contributed by atoms with E-state index in [9.17, 15) is 14.9 Å². The Hall–Kier alpha value is -2.37. The van der Waals surface area contributed by atoms with E-state index >= 15 is 0 Å². The highest BCUT2D eigenvalue weighted by Gasteiger charge is 2.17. The fourth-order valence-electron chi connectivity index (χ4n) is 1.24. The molecule has 1 rings (SSSR count). The minimum atomic E-state index is -1.20.